The molecule has 0 unspecified atom stereocenters. The molecule has 1 aromatic heterocycles. The fourth-order valence-electron chi connectivity index (χ4n) is 2.27. The minimum Gasteiger partial charge on any atom is -0.439 e. The number of hydrogen-bond donors (Lipinski definition) is 0. The van der Waals surface area contributed by atoms with Gasteiger partial charge in [0.2, 0.25) is 11.3 Å². The summed E-state index contributed by atoms with van der Waals surface area (Å²) >= 11 is 0. The van der Waals surface area contributed by atoms with Gasteiger partial charge in [0, 0.05) is 12.7 Å². The summed E-state index contributed by atoms with van der Waals surface area (Å²) in [5.74, 6) is 0.250. The summed E-state index contributed by atoms with van der Waals surface area (Å²) < 4.78 is 5.78. The Morgan fingerprint density at radius 2 is 1.67 bits per heavy atom. The maximum absolute atomic E-state index is 12.4. The van der Waals surface area contributed by atoms with Gasteiger partial charge in [-0.2, -0.15) is 0 Å². The second kappa shape index (κ2) is 5.25. The minimum absolute atomic E-state index is 0.0278. The van der Waals surface area contributed by atoms with Crippen molar-refractivity contribution >= 4 is 28.8 Å². The third-order valence-electron chi connectivity index (χ3n) is 3.38. The van der Waals surface area contributed by atoms with Crippen LogP contribution in [0.3, 0.4) is 0 Å². The van der Waals surface area contributed by atoms with Gasteiger partial charge in [-0.25, -0.2) is 0 Å². The Hall–Kier alpha value is -2.88. The molecular weight excluding hydrogens is 266 g/mol. The molecular formula is C17H13NO3. The van der Waals surface area contributed by atoms with Crippen LogP contribution in [0.5, 0.6) is 0 Å². The van der Waals surface area contributed by atoms with E-state index in [0.29, 0.717) is 17.3 Å². The van der Waals surface area contributed by atoms with Crippen molar-refractivity contribution in [3.05, 3.63) is 70.4 Å². The van der Waals surface area contributed by atoms with Crippen LogP contribution in [0.4, 0.5) is 11.6 Å². The number of hydrogen-bond acceptors (Lipinski definition) is 4. The van der Waals surface area contributed by atoms with Gasteiger partial charge in [-0.05, 0) is 24.3 Å². The maximum atomic E-state index is 12.4. The monoisotopic (exact) mass is 279 g/mol. The highest BCUT2D eigenvalue weighted by molar-refractivity contribution is 5.90. The van der Waals surface area contributed by atoms with Gasteiger partial charge in [-0.1, -0.05) is 30.3 Å². The molecule has 0 saturated heterocycles. The average Bonchev–Trinajstić information content (AvgIpc) is 2.55. The predicted molar refractivity (Wildman–Crippen MR) is 82.4 cm³/mol. The van der Waals surface area contributed by atoms with Crippen molar-refractivity contribution in [2.45, 2.75) is 0 Å². The van der Waals surface area contributed by atoms with Crippen LogP contribution in [0.15, 0.2) is 63.8 Å². The van der Waals surface area contributed by atoms with Gasteiger partial charge in [0.25, 0.3) is 0 Å². The number of carbonyl (C=O) groups excluding carboxylic acids is 1. The van der Waals surface area contributed by atoms with Gasteiger partial charge in [-0.15, -0.1) is 0 Å². The quantitative estimate of drug-likeness (QED) is 0.690. The second-order valence-electron chi connectivity index (χ2n) is 4.66. The highest BCUT2D eigenvalue weighted by atomic mass is 16.4. The predicted octanol–water partition coefficient (Wildman–Crippen LogP) is 3.37. The van der Waals surface area contributed by atoms with E-state index in [1.165, 1.54) is 0 Å². The van der Waals surface area contributed by atoms with E-state index in [9.17, 15) is 9.59 Å². The zero-order valence-electron chi connectivity index (χ0n) is 11.4. The van der Waals surface area contributed by atoms with E-state index in [0.717, 1.165) is 5.69 Å². The number of nitrogens with zero attached hydrogens (tertiary/aromatic N) is 1. The standard InChI is InChI=1S/C17H13NO3/c1-18(12-7-3-2-4-8-12)17-14(11-19)16(20)13-9-5-6-10-15(13)21-17/h2-11H,1H3. The van der Waals surface area contributed by atoms with E-state index in [1.54, 1.807) is 36.2 Å². The molecule has 1 heterocycles. The summed E-state index contributed by atoms with van der Waals surface area (Å²) in [5.41, 5.74) is 1.01. The first-order chi connectivity index (χ1) is 10.2. The van der Waals surface area contributed by atoms with Crippen molar-refractivity contribution in [3.63, 3.8) is 0 Å². The Bertz CT molecular complexity index is 853. The SMILES string of the molecule is CN(c1ccccc1)c1oc2ccccc2c(=O)c1C=O. The van der Waals surface area contributed by atoms with Gasteiger partial charge >= 0.3 is 0 Å². The number of anilines is 2. The lowest BCUT2D eigenvalue weighted by Crippen LogP contribution is -2.18. The number of fused-ring (bicyclic) bond motifs is 1. The summed E-state index contributed by atoms with van der Waals surface area (Å²) in [6.07, 6.45) is 0.549. The van der Waals surface area contributed by atoms with E-state index in [2.05, 4.69) is 0 Å². The van der Waals surface area contributed by atoms with Crippen LogP contribution in [0.1, 0.15) is 10.4 Å². The molecule has 104 valence electrons. The number of benzene rings is 2. The van der Waals surface area contributed by atoms with Gasteiger partial charge in [-0.3, -0.25) is 9.59 Å². The molecule has 0 N–H and O–H groups in total. The van der Waals surface area contributed by atoms with E-state index < -0.39 is 0 Å². The van der Waals surface area contributed by atoms with Crippen LogP contribution in [0.25, 0.3) is 11.0 Å². The molecule has 0 spiro atoms. The summed E-state index contributed by atoms with van der Waals surface area (Å²) in [5, 5.41) is 0.407. The first-order valence-electron chi connectivity index (χ1n) is 6.52. The zero-order chi connectivity index (χ0) is 14.8. The fraction of sp³-hybridized carbons (Fsp3) is 0.0588. The zero-order valence-corrected chi connectivity index (χ0v) is 11.4. The molecule has 0 amide bonds. The summed E-state index contributed by atoms with van der Waals surface area (Å²) in [7, 11) is 1.76. The normalized spacial score (nSPS) is 10.5. The lowest BCUT2D eigenvalue weighted by molar-refractivity contribution is 0.112. The van der Waals surface area contributed by atoms with Gasteiger partial charge in [0.05, 0.1) is 5.39 Å². The van der Waals surface area contributed by atoms with Crippen LogP contribution in [0.2, 0.25) is 0 Å². The average molecular weight is 279 g/mol. The molecule has 0 radical (unpaired) electrons. The molecule has 4 nitrogen and oxygen atoms in total. The molecule has 21 heavy (non-hydrogen) atoms. The maximum Gasteiger partial charge on any atom is 0.214 e. The smallest absolute Gasteiger partial charge is 0.214 e. The summed E-state index contributed by atoms with van der Waals surface area (Å²) in [6, 6.07) is 16.3. The Kier molecular flexibility index (Phi) is 3.28. The van der Waals surface area contributed by atoms with Crippen molar-refractivity contribution in [1.29, 1.82) is 0 Å². The van der Waals surface area contributed by atoms with Crippen LogP contribution in [-0.2, 0) is 0 Å². The molecule has 3 aromatic rings. The van der Waals surface area contributed by atoms with Crippen molar-refractivity contribution in [1.82, 2.24) is 0 Å². The first kappa shape index (κ1) is 13.1. The van der Waals surface area contributed by atoms with Crippen molar-refractivity contribution in [2.24, 2.45) is 0 Å². The third-order valence-corrected chi connectivity index (χ3v) is 3.38. The van der Waals surface area contributed by atoms with E-state index >= 15 is 0 Å². The summed E-state index contributed by atoms with van der Waals surface area (Å²) in [4.78, 5) is 25.4. The lowest BCUT2D eigenvalue weighted by Gasteiger charge is -2.19. The molecule has 0 fully saturated rings. The van der Waals surface area contributed by atoms with Crippen molar-refractivity contribution < 1.29 is 9.21 Å². The number of rotatable bonds is 3. The lowest BCUT2D eigenvalue weighted by atomic mass is 10.1. The third kappa shape index (κ3) is 2.21. The highest BCUT2D eigenvalue weighted by Crippen LogP contribution is 2.27. The number of aldehydes is 1. The van der Waals surface area contributed by atoms with Crippen LogP contribution >= 0.6 is 0 Å². The van der Waals surface area contributed by atoms with Crippen molar-refractivity contribution in [3.8, 4) is 0 Å². The largest absolute Gasteiger partial charge is 0.439 e. The van der Waals surface area contributed by atoms with Crippen LogP contribution < -0.4 is 10.3 Å². The highest BCUT2D eigenvalue weighted by Gasteiger charge is 2.17. The molecule has 0 aliphatic rings. The Balaban J connectivity index is 2.27. The van der Waals surface area contributed by atoms with Crippen LogP contribution in [0, 0.1) is 0 Å². The van der Waals surface area contributed by atoms with Gasteiger partial charge < -0.3 is 9.32 Å². The molecule has 4 heteroatoms. The Morgan fingerprint density at radius 1 is 1.00 bits per heavy atom. The first-order valence-corrected chi connectivity index (χ1v) is 6.52. The van der Waals surface area contributed by atoms with Crippen molar-refractivity contribution in [2.75, 3.05) is 11.9 Å². The molecule has 0 aliphatic heterocycles. The molecule has 0 saturated carbocycles. The van der Waals surface area contributed by atoms with E-state index in [-0.39, 0.29) is 16.9 Å². The van der Waals surface area contributed by atoms with Gasteiger partial charge in [0.15, 0.2) is 6.29 Å². The topological polar surface area (TPSA) is 50.5 Å². The fourth-order valence-corrected chi connectivity index (χ4v) is 2.27. The molecule has 3 rings (SSSR count). The van der Waals surface area contributed by atoms with E-state index in [1.807, 2.05) is 30.3 Å². The van der Waals surface area contributed by atoms with Crippen LogP contribution in [-0.4, -0.2) is 13.3 Å². The molecule has 0 atom stereocenters. The second-order valence-corrected chi connectivity index (χ2v) is 4.66. The molecule has 0 aliphatic carbocycles. The summed E-state index contributed by atoms with van der Waals surface area (Å²) in [6.45, 7) is 0. The minimum atomic E-state index is -0.315. The van der Waals surface area contributed by atoms with E-state index in [4.69, 9.17) is 4.42 Å². The Labute approximate surface area is 121 Å². The number of para-hydroxylation sites is 2. The molecule has 2 aromatic carbocycles. The number of carbonyl (C=O) groups is 1. The Morgan fingerprint density at radius 3 is 2.38 bits per heavy atom. The van der Waals surface area contributed by atoms with Gasteiger partial charge in [0.1, 0.15) is 11.1 Å². The molecule has 0 bridgehead atoms.